The van der Waals surface area contributed by atoms with E-state index in [0.29, 0.717) is 19.4 Å². The number of urea groups is 1. The van der Waals surface area contributed by atoms with E-state index < -0.39 is 5.97 Å². The quantitative estimate of drug-likeness (QED) is 0.610. The number of hydrogen-bond acceptors (Lipinski definition) is 2. The molecule has 0 saturated heterocycles. The predicted molar refractivity (Wildman–Crippen MR) is 67.0 cm³/mol. The van der Waals surface area contributed by atoms with Crippen molar-refractivity contribution in [2.45, 2.75) is 46.0 Å². The first-order valence-corrected chi connectivity index (χ1v) is 6.36. The van der Waals surface area contributed by atoms with Crippen molar-refractivity contribution in [2.24, 2.45) is 0 Å². The average molecular weight is 244 g/mol. The topological polar surface area (TPSA) is 69.6 Å². The number of amides is 2. The number of rotatable bonds is 9. The number of carbonyl (C=O) groups is 2. The normalized spacial score (nSPS) is 10.0. The van der Waals surface area contributed by atoms with Crippen molar-refractivity contribution in [1.29, 1.82) is 0 Å². The van der Waals surface area contributed by atoms with Gasteiger partial charge in [-0.25, -0.2) is 4.79 Å². The zero-order valence-electron chi connectivity index (χ0n) is 10.9. The predicted octanol–water partition coefficient (Wildman–Crippen LogP) is 2.07. The Balaban J connectivity index is 3.70. The standard InChI is InChI=1S/C12H24N2O3/c1-3-9-14(10-4-2)12(17)13-8-6-5-7-11(15)16/h3-10H2,1-2H3,(H,13,17)(H,15,16). The van der Waals surface area contributed by atoms with E-state index in [-0.39, 0.29) is 12.5 Å². The van der Waals surface area contributed by atoms with E-state index in [1.165, 1.54) is 0 Å². The minimum atomic E-state index is -0.782. The number of aliphatic carboxylic acids is 1. The third kappa shape index (κ3) is 8.54. The largest absolute Gasteiger partial charge is 0.481 e. The van der Waals surface area contributed by atoms with Gasteiger partial charge in [-0.1, -0.05) is 13.8 Å². The van der Waals surface area contributed by atoms with Gasteiger partial charge in [0.15, 0.2) is 0 Å². The highest BCUT2D eigenvalue weighted by Gasteiger charge is 2.10. The zero-order valence-corrected chi connectivity index (χ0v) is 10.9. The van der Waals surface area contributed by atoms with E-state index in [9.17, 15) is 9.59 Å². The Kier molecular flexibility index (Phi) is 9.19. The van der Waals surface area contributed by atoms with Crippen LogP contribution in [0.1, 0.15) is 46.0 Å². The van der Waals surface area contributed by atoms with E-state index in [2.05, 4.69) is 5.32 Å². The lowest BCUT2D eigenvalue weighted by Gasteiger charge is -2.21. The third-order valence-electron chi connectivity index (χ3n) is 2.37. The molecule has 0 aromatic heterocycles. The molecule has 0 aliphatic heterocycles. The molecule has 0 saturated carbocycles. The number of unbranched alkanes of at least 4 members (excludes halogenated alkanes) is 1. The van der Waals surface area contributed by atoms with Crippen LogP contribution in [-0.4, -0.2) is 41.6 Å². The summed E-state index contributed by atoms with van der Waals surface area (Å²) in [6.45, 7) is 6.19. The molecule has 17 heavy (non-hydrogen) atoms. The van der Waals surface area contributed by atoms with Crippen LogP contribution in [-0.2, 0) is 4.79 Å². The fourth-order valence-corrected chi connectivity index (χ4v) is 1.56. The van der Waals surface area contributed by atoms with Crippen LogP contribution in [0.3, 0.4) is 0 Å². The van der Waals surface area contributed by atoms with Crippen molar-refractivity contribution in [1.82, 2.24) is 10.2 Å². The molecule has 0 bridgehead atoms. The van der Waals surface area contributed by atoms with Crippen molar-refractivity contribution < 1.29 is 14.7 Å². The van der Waals surface area contributed by atoms with Gasteiger partial charge in [0.1, 0.15) is 0 Å². The Morgan fingerprint density at radius 2 is 1.71 bits per heavy atom. The second-order valence-corrected chi connectivity index (χ2v) is 4.07. The molecule has 0 radical (unpaired) electrons. The molecule has 2 amide bonds. The molecule has 5 nitrogen and oxygen atoms in total. The number of carboxylic acids is 1. The summed E-state index contributed by atoms with van der Waals surface area (Å²) in [5.74, 6) is -0.782. The highest BCUT2D eigenvalue weighted by molar-refractivity contribution is 5.74. The molecule has 0 rings (SSSR count). The van der Waals surface area contributed by atoms with Gasteiger partial charge in [0.05, 0.1) is 0 Å². The first kappa shape index (κ1) is 15.7. The summed E-state index contributed by atoms with van der Waals surface area (Å²) in [4.78, 5) is 23.8. The number of carbonyl (C=O) groups excluding carboxylic acids is 1. The van der Waals surface area contributed by atoms with Crippen LogP contribution in [0.4, 0.5) is 4.79 Å². The first-order valence-electron chi connectivity index (χ1n) is 6.36. The van der Waals surface area contributed by atoms with Crippen LogP contribution in [0.15, 0.2) is 0 Å². The lowest BCUT2D eigenvalue weighted by atomic mass is 10.2. The van der Waals surface area contributed by atoms with Gasteiger partial charge in [-0.05, 0) is 25.7 Å². The van der Waals surface area contributed by atoms with Crippen molar-refractivity contribution in [2.75, 3.05) is 19.6 Å². The molecule has 5 heteroatoms. The van der Waals surface area contributed by atoms with Crippen molar-refractivity contribution >= 4 is 12.0 Å². The van der Waals surface area contributed by atoms with Crippen LogP contribution < -0.4 is 5.32 Å². The minimum absolute atomic E-state index is 0.0379. The van der Waals surface area contributed by atoms with Gasteiger partial charge in [-0.15, -0.1) is 0 Å². The highest BCUT2D eigenvalue weighted by atomic mass is 16.4. The summed E-state index contributed by atoms with van der Waals surface area (Å²) in [5.41, 5.74) is 0. The molecule has 0 atom stereocenters. The summed E-state index contributed by atoms with van der Waals surface area (Å²) in [5, 5.41) is 11.3. The van der Waals surface area contributed by atoms with E-state index in [1.54, 1.807) is 4.90 Å². The van der Waals surface area contributed by atoms with Crippen LogP contribution in [0.2, 0.25) is 0 Å². The van der Waals surface area contributed by atoms with E-state index >= 15 is 0 Å². The third-order valence-corrected chi connectivity index (χ3v) is 2.37. The van der Waals surface area contributed by atoms with Crippen LogP contribution >= 0.6 is 0 Å². The molecular weight excluding hydrogens is 220 g/mol. The lowest BCUT2D eigenvalue weighted by Crippen LogP contribution is -2.41. The molecule has 0 aliphatic rings. The van der Waals surface area contributed by atoms with E-state index in [4.69, 9.17) is 5.11 Å². The SMILES string of the molecule is CCCN(CCC)C(=O)NCCCCC(=O)O. The molecule has 0 heterocycles. The average Bonchev–Trinajstić information content (AvgIpc) is 2.27. The highest BCUT2D eigenvalue weighted by Crippen LogP contribution is 1.97. The fraction of sp³-hybridized carbons (Fsp3) is 0.833. The van der Waals surface area contributed by atoms with Gasteiger partial charge in [0.25, 0.3) is 0 Å². The Hall–Kier alpha value is -1.26. The lowest BCUT2D eigenvalue weighted by molar-refractivity contribution is -0.137. The van der Waals surface area contributed by atoms with E-state index in [0.717, 1.165) is 25.9 Å². The monoisotopic (exact) mass is 244 g/mol. The Morgan fingerprint density at radius 1 is 1.12 bits per heavy atom. The summed E-state index contributed by atoms with van der Waals surface area (Å²) in [7, 11) is 0. The van der Waals surface area contributed by atoms with Crippen LogP contribution in [0, 0.1) is 0 Å². The maximum atomic E-state index is 11.7. The molecule has 0 aromatic rings. The summed E-state index contributed by atoms with van der Waals surface area (Å²) in [6, 6.07) is -0.0379. The minimum Gasteiger partial charge on any atom is -0.481 e. The Bertz CT molecular complexity index is 226. The second-order valence-electron chi connectivity index (χ2n) is 4.07. The van der Waals surface area contributed by atoms with Gasteiger partial charge in [-0.3, -0.25) is 4.79 Å². The summed E-state index contributed by atoms with van der Waals surface area (Å²) < 4.78 is 0. The Morgan fingerprint density at radius 3 is 2.18 bits per heavy atom. The number of nitrogens with zero attached hydrogens (tertiary/aromatic N) is 1. The first-order chi connectivity index (χ1) is 8.11. The molecule has 100 valence electrons. The maximum absolute atomic E-state index is 11.7. The Labute approximate surface area is 103 Å². The second kappa shape index (κ2) is 9.93. The molecule has 0 aliphatic carbocycles. The molecule has 2 N–H and O–H groups in total. The number of nitrogens with one attached hydrogen (secondary N) is 1. The van der Waals surface area contributed by atoms with Crippen LogP contribution in [0.25, 0.3) is 0 Å². The number of hydrogen-bond donors (Lipinski definition) is 2. The maximum Gasteiger partial charge on any atom is 0.317 e. The van der Waals surface area contributed by atoms with Gasteiger partial charge < -0.3 is 15.3 Å². The number of carboxylic acid groups (broad SMARTS) is 1. The van der Waals surface area contributed by atoms with Crippen LogP contribution in [0.5, 0.6) is 0 Å². The zero-order chi connectivity index (χ0) is 13.1. The van der Waals surface area contributed by atoms with Crippen molar-refractivity contribution in [3.8, 4) is 0 Å². The van der Waals surface area contributed by atoms with Gasteiger partial charge in [-0.2, -0.15) is 0 Å². The van der Waals surface area contributed by atoms with E-state index in [1.807, 2.05) is 13.8 Å². The van der Waals surface area contributed by atoms with Crippen molar-refractivity contribution in [3.05, 3.63) is 0 Å². The smallest absolute Gasteiger partial charge is 0.317 e. The molecule has 0 spiro atoms. The summed E-state index contributed by atoms with van der Waals surface area (Å²) >= 11 is 0. The van der Waals surface area contributed by atoms with Gasteiger partial charge in [0, 0.05) is 26.1 Å². The fourth-order valence-electron chi connectivity index (χ4n) is 1.56. The molecule has 0 fully saturated rings. The van der Waals surface area contributed by atoms with Gasteiger partial charge >= 0.3 is 12.0 Å². The summed E-state index contributed by atoms with van der Waals surface area (Å²) in [6.07, 6.45) is 3.39. The molecule has 0 aromatic carbocycles. The molecule has 0 unspecified atom stereocenters. The molecular formula is C12H24N2O3. The van der Waals surface area contributed by atoms with Gasteiger partial charge in [0.2, 0.25) is 0 Å². The van der Waals surface area contributed by atoms with Crippen molar-refractivity contribution in [3.63, 3.8) is 0 Å².